The second-order valence-electron chi connectivity index (χ2n) is 6.35. The van der Waals surface area contributed by atoms with E-state index in [1.54, 1.807) is 0 Å². The second-order valence-corrected chi connectivity index (χ2v) is 6.35. The summed E-state index contributed by atoms with van der Waals surface area (Å²) in [7, 11) is 0. The lowest BCUT2D eigenvalue weighted by Gasteiger charge is -2.31. The molecule has 0 unspecified atom stereocenters. The van der Waals surface area contributed by atoms with Gasteiger partial charge in [-0.05, 0) is 43.6 Å². The minimum Gasteiger partial charge on any atom is -0.396 e. The summed E-state index contributed by atoms with van der Waals surface area (Å²) in [6, 6.07) is 10.1. The lowest BCUT2D eigenvalue weighted by Crippen LogP contribution is -2.46. The normalized spacial score (nSPS) is 33.1. The third-order valence-electron chi connectivity index (χ3n) is 5.30. The van der Waals surface area contributed by atoms with Gasteiger partial charge in [-0.25, -0.2) is 0 Å². The first-order chi connectivity index (χ1) is 9.70. The molecule has 2 aliphatic carbocycles. The number of nitrogens with one attached hydrogen (secondary N) is 1. The fraction of sp³-hybridized carbons (Fsp3) is 0.588. The molecule has 0 saturated heterocycles. The minimum absolute atomic E-state index is 0.0900. The molecule has 2 N–H and O–H groups in total. The molecule has 3 nitrogen and oxygen atoms in total. The van der Waals surface area contributed by atoms with Gasteiger partial charge in [0.2, 0.25) is 5.91 Å². The molecule has 0 heterocycles. The van der Waals surface area contributed by atoms with E-state index in [0.717, 1.165) is 5.56 Å². The third kappa shape index (κ3) is 2.35. The van der Waals surface area contributed by atoms with Crippen molar-refractivity contribution >= 4 is 5.91 Å². The molecule has 108 valence electrons. The Bertz CT molecular complexity index is 473. The zero-order valence-electron chi connectivity index (χ0n) is 12.0. The van der Waals surface area contributed by atoms with Crippen LogP contribution in [0.1, 0.15) is 37.7 Å². The van der Waals surface area contributed by atoms with Crippen LogP contribution in [0.2, 0.25) is 0 Å². The molecule has 20 heavy (non-hydrogen) atoms. The van der Waals surface area contributed by atoms with Crippen LogP contribution in [0.5, 0.6) is 0 Å². The number of hydrogen-bond donors (Lipinski definition) is 2. The van der Waals surface area contributed by atoms with E-state index in [2.05, 4.69) is 5.32 Å². The van der Waals surface area contributed by atoms with E-state index in [-0.39, 0.29) is 30.4 Å². The molecule has 1 amide bonds. The molecule has 5 atom stereocenters. The second kappa shape index (κ2) is 5.57. The number of amides is 1. The number of carbonyl (C=O) groups is 1. The molecule has 1 aromatic rings. The Labute approximate surface area is 120 Å². The van der Waals surface area contributed by atoms with Gasteiger partial charge in [0.1, 0.15) is 0 Å². The van der Waals surface area contributed by atoms with Crippen LogP contribution >= 0.6 is 0 Å². The van der Waals surface area contributed by atoms with E-state index in [4.69, 9.17) is 0 Å². The van der Waals surface area contributed by atoms with Gasteiger partial charge in [-0.1, -0.05) is 30.3 Å². The molecular formula is C17H23NO2. The summed E-state index contributed by atoms with van der Waals surface area (Å²) in [6.07, 6.45) is 3.60. The molecule has 2 saturated carbocycles. The van der Waals surface area contributed by atoms with E-state index in [1.165, 1.54) is 19.3 Å². The van der Waals surface area contributed by atoms with Crippen molar-refractivity contribution in [1.29, 1.82) is 0 Å². The Morgan fingerprint density at radius 1 is 1.30 bits per heavy atom. The molecule has 0 aliphatic heterocycles. The van der Waals surface area contributed by atoms with E-state index < -0.39 is 0 Å². The Morgan fingerprint density at radius 2 is 2.00 bits per heavy atom. The van der Waals surface area contributed by atoms with Crippen molar-refractivity contribution in [3.63, 3.8) is 0 Å². The third-order valence-corrected chi connectivity index (χ3v) is 5.30. The van der Waals surface area contributed by atoms with Crippen molar-refractivity contribution in [3.05, 3.63) is 35.9 Å². The topological polar surface area (TPSA) is 49.3 Å². The molecular weight excluding hydrogens is 250 g/mol. The summed E-state index contributed by atoms with van der Waals surface area (Å²) >= 11 is 0. The lowest BCUT2D eigenvalue weighted by atomic mass is 9.84. The van der Waals surface area contributed by atoms with E-state index in [0.29, 0.717) is 11.8 Å². The lowest BCUT2D eigenvalue weighted by molar-refractivity contribution is -0.123. The van der Waals surface area contributed by atoms with Crippen molar-refractivity contribution in [2.45, 2.75) is 38.1 Å². The molecule has 2 aliphatic rings. The maximum atomic E-state index is 12.4. The summed E-state index contributed by atoms with van der Waals surface area (Å²) in [4.78, 5) is 12.4. The van der Waals surface area contributed by atoms with Gasteiger partial charge in [-0.15, -0.1) is 0 Å². The molecule has 0 radical (unpaired) electrons. The maximum Gasteiger partial charge on any atom is 0.227 e. The highest BCUT2D eigenvalue weighted by Crippen LogP contribution is 2.48. The molecule has 1 aromatic carbocycles. The van der Waals surface area contributed by atoms with Gasteiger partial charge >= 0.3 is 0 Å². The number of aliphatic hydroxyl groups excluding tert-OH is 1. The van der Waals surface area contributed by atoms with Crippen LogP contribution in [0.3, 0.4) is 0 Å². The van der Waals surface area contributed by atoms with Crippen LogP contribution in [-0.4, -0.2) is 23.7 Å². The van der Waals surface area contributed by atoms with Crippen molar-refractivity contribution in [2.75, 3.05) is 6.61 Å². The Morgan fingerprint density at radius 3 is 2.70 bits per heavy atom. The maximum absolute atomic E-state index is 12.4. The smallest absolute Gasteiger partial charge is 0.227 e. The zero-order valence-corrected chi connectivity index (χ0v) is 12.0. The fourth-order valence-electron chi connectivity index (χ4n) is 4.08. The monoisotopic (exact) mass is 273 g/mol. The highest BCUT2D eigenvalue weighted by atomic mass is 16.3. The van der Waals surface area contributed by atoms with Crippen LogP contribution in [-0.2, 0) is 4.79 Å². The van der Waals surface area contributed by atoms with E-state index >= 15 is 0 Å². The summed E-state index contributed by atoms with van der Waals surface area (Å²) < 4.78 is 0. The molecule has 3 rings (SSSR count). The van der Waals surface area contributed by atoms with Crippen LogP contribution < -0.4 is 5.32 Å². The average molecular weight is 273 g/mol. The van der Waals surface area contributed by atoms with Gasteiger partial charge in [0, 0.05) is 18.6 Å². The van der Waals surface area contributed by atoms with Crippen LogP contribution in [0.15, 0.2) is 30.3 Å². The van der Waals surface area contributed by atoms with Gasteiger partial charge in [0.15, 0.2) is 0 Å². The first kappa shape index (κ1) is 13.6. The number of fused-ring (bicyclic) bond motifs is 2. The Hall–Kier alpha value is -1.35. The summed E-state index contributed by atoms with van der Waals surface area (Å²) in [5.41, 5.74) is 1.05. The van der Waals surface area contributed by atoms with Crippen molar-refractivity contribution < 1.29 is 9.90 Å². The number of hydrogen-bond acceptors (Lipinski definition) is 2. The van der Waals surface area contributed by atoms with Gasteiger partial charge in [-0.3, -0.25) is 4.79 Å². The molecule has 3 heteroatoms. The quantitative estimate of drug-likeness (QED) is 0.884. The van der Waals surface area contributed by atoms with Crippen LogP contribution in [0.4, 0.5) is 0 Å². The predicted molar refractivity (Wildman–Crippen MR) is 78.2 cm³/mol. The highest BCUT2D eigenvalue weighted by Gasteiger charge is 2.47. The Balaban J connectivity index is 1.67. The molecule has 2 fully saturated rings. The largest absolute Gasteiger partial charge is 0.396 e. The van der Waals surface area contributed by atoms with Gasteiger partial charge in [0.05, 0.1) is 5.92 Å². The minimum atomic E-state index is -0.130. The van der Waals surface area contributed by atoms with Crippen LogP contribution in [0.25, 0.3) is 0 Å². The SMILES string of the molecule is C[C@H](C(=O)N[C@H]1[C@H]2CC[C@@H](C2)[C@@H]1CO)c1ccccc1. The number of aliphatic hydroxyl groups is 1. The Kier molecular flexibility index (Phi) is 3.79. The van der Waals surface area contributed by atoms with Gasteiger partial charge in [0.25, 0.3) is 0 Å². The fourth-order valence-corrected chi connectivity index (χ4v) is 4.08. The van der Waals surface area contributed by atoms with Gasteiger partial charge in [-0.2, -0.15) is 0 Å². The molecule has 0 spiro atoms. The first-order valence-corrected chi connectivity index (χ1v) is 7.67. The van der Waals surface area contributed by atoms with E-state index in [1.807, 2.05) is 37.3 Å². The predicted octanol–water partition coefficient (Wildman–Crippen LogP) is 2.31. The van der Waals surface area contributed by atoms with Crippen LogP contribution in [0, 0.1) is 17.8 Å². The summed E-state index contributed by atoms with van der Waals surface area (Å²) in [6.45, 7) is 2.15. The molecule has 0 aromatic heterocycles. The van der Waals surface area contributed by atoms with Crippen molar-refractivity contribution in [1.82, 2.24) is 5.32 Å². The highest BCUT2D eigenvalue weighted by molar-refractivity contribution is 5.83. The number of rotatable bonds is 4. The average Bonchev–Trinajstić information content (AvgIpc) is 3.08. The number of benzene rings is 1. The van der Waals surface area contributed by atoms with E-state index in [9.17, 15) is 9.90 Å². The van der Waals surface area contributed by atoms with Crippen molar-refractivity contribution in [3.8, 4) is 0 Å². The molecule has 2 bridgehead atoms. The summed E-state index contributed by atoms with van der Waals surface area (Å²) in [5.74, 6) is 1.41. The first-order valence-electron chi connectivity index (χ1n) is 7.67. The number of carbonyl (C=O) groups excluding carboxylic acids is 1. The zero-order chi connectivity index (χ0) is 14.1. The summed E-state index contributed by atoms with van der Waals surface area (Å²) in [5, 5.41) is 12.8. The van der Waals surface area contributed by atoms with Gasteiger partial charge < -0.3 is 10.4 Å². The van der Waals surface area contributed by atoms with Crippen molar-refractivity contribution in [2.24, 2.45) is 17.8 Å². The standard InChI is InChI=1S/C17H23NO2/c1-11(12-5-3-2-4-6-12)17(20)18-16-14-8-7-13(9-14)15(16)10-19/h2-6,11,13-16,19H,7-10H2,1H3,(H,18,20)/t11-,13-,14-,15-,16-/m0/s1.